The van der Waals surface area contributed by atoms with E-state index in [1.54, 1.807) is 0 Å². The van der Waals surface area contributed by atoms with Crippen LogP contribution < -0.4 is 9.80 Å². The summed E-state index contributed by atoms with van der Waals surface area (Å²) in [6.45, 7) is 0. The number of hydrogen-bond acceptors (Lipinski definition) is 2. The molecule has 0 saturated carbocycles. The molecule has 0 bridgehead atoms. The molecule has 340 valence electrons. The molecule has 12 aromatic rings. The number of rotatable bonds is 12. The maximum atomic E-state index is 2.35. The van der Waals surface area contributed by atoms with E-state index in [2.05, 4.69) is 313 Å². The van der Waals surface area contributed by atoms with Gasteiger partial charge in [0, 0.05) is 34.1 Å². The van der Waals surface area contributed by atoms with Gasteiger partial charge in [0.05, 0.1) is 0 Å². The summed E-state index contributed by atoms with van der Waals surface area (Å²) in [4.78, 5) is 4.68. The fourth-order valence-electron chi connectivity index (χ4n) is 9.92. The Morgan fingerprint density at radius 3 is 0.681 bits per heavy atom. The second-order valence-corrected chi connectivity index (χ2v) is 18.2. The third kappa shape index (κ3) is 9.09. The predicted octanol–water partition coefficient (Wildman–Crippen LogP) is 19.8. The standard InChI is InChI=1S/C70H50N2/c1-4-13-51(14-5-1)56-27-39-63(40-28-56)71(64-41-29-57(30-42-64)52-15-6-2-7-16-52)66-45-33-59(34-46-66)54-23-25-55(26-24-54)60-35-47-67(48-36-60)72(65-43-31-58(32-44-65)53-17-8-3-9-18-53)68-49-37-62(38-50-68)70-22-12-20-61-19-10-11-21-69(61)70/h1-50H. The van der Waals surface area contributed by atoms with Crippen molar-refractivity contribution in [1.29, 1.82) is 0 Å². The van der Waals surface area contributed by atoms with Crippen LogP contribution >= 0.6 is 0 Å². The number of nitrogens with zero attached hydrogens (tertiary/aromatic N) is 2. The van der Waals surface area contributed by atoms with E-state index in [-0.39, 0.29) is 0 Å². The average Bonchev–Trinajstić information content (AvgIpc) is 3.47. The normalized spacial score (nSPS) is 11.1. The highest BCUT2D eigenvalue weighted by Crippen LogP contribution is 2.41. The molecule has 72 heavy (non-hydrogen) atoms. The van der Waals surface area contributed by atoms with E-state index in [9.17, 15) is 0 Å². The molecule has 0 saturated heterocycles. The van der Waals surface area contributed by atoms with Crippen molar-refractivity contribution >= 4 is 44.9 Å². The molecule has 0 aliphatic rings. The summed E-state index contributed by atoms with van der Waals surface area (Å²) in [5.74, 6) is 0. The smallest absolute Gasteiger partial charge is 0.0462 e. The summed E-state index contributed by atoms with van der Waals surface area (Å²) >= 11 is 0. The average molecular weight is 919 g/mol. The molecule has 2 heteroatoms. The van der Waals surface area contributed by atoms with Gasteiger partial charge in [-0.2, -0.15) is 0 Å². The summed E-state index contributed by atoms with van der Waals surface area (Å²) < 4.78 is 0. The van der Waals surface area contributed by atoms with Gasteiger partial charge in [0.2, 0.25) is 0 Å². The van der Waals surface area contributed by atoms with Crippen LogP contribution in [0.1, 0.15) is 0 Å². The molecule has 0 fully saturated rings. The molecule has 0 spiro atoms. The van der Waals surface area contributed by atoms with Gasteiger partial charge in [-0.3, -0.25) is 0 Å². The van der Waals surface area contributed by atoms with Crippen molar-refractivity contribution in [2.75, 3.05) is 9.80 Å². The minimum atomic E-state index is 1.09. The van der Waals surface area contributed by atoms with Gasteiger partial charge in [-0.1, -0.05) is 231 Å². The lowest BCUT2D eigenvalue weighted by Gasteiger charge is -2.26. The van der Waals surface area contributed by atoms with Gasteiger partial charge >= 0.3 is 0 Å². The first-order valence-corrected chi connectivity index (χ1v) is 24.6. The van der Waals surface area contributed by atoms with E-state index in [4.69, 9.17) is 0 Å². The minimum absolute atomic E-state index is 1.09. The maximum Gasteiger partial charge on any atom is 0.0462 e. The molecular formula is C70H50N2. The van der Waals surface area contributed by atoms with Crippen LogP contribution in [0.5, 0.6) is 0 Å². The Labute approximate surface area is 422 Å². The van der Waals surface area contributed by atoms with Gasteiger partial charge < -0.3 is 9.80 Å². The first-order chi connectivity index (χ1) is 35.7. The molecule has 0 heterocycles. The molecular weight excluding hydrogens is 869 g/mol. The van der Waals surface area contributed by atoms with Crippen molar-refractivity contribution in [1.82, 2.24) is 0 Å². The van der Waals surface area contributed by atoms with Gasteiger partial charge in [-0.25, -0.2) is 0 Å². The summed E-state index contributed by atoms with van der Waals surface area (Å²) in [5.41, 5.74) is 20.9. The maximum absolute atomic E-state index is 2.35. The SMILES string of the molecule is c1ccc(-c2ccc(N(c3ccc(-c4ccccc4)cc3)c3ccc(-c4ccc(-c5ccc(N(c6ccc(-c7ccccc7)cc6)c6ccc(-c7cccc8ccccc78)cc6)cc5)cc4)cc3)cc2)cc1. The van der Waals surface area contributed by atoms with Crippen LogP contribution in [0.25, 0.3) is 77.5 Å². The van der Waals surface area contributed by atoms with Crippen LogP contribution in [0.15, 0.2) is 303 Å². The lowest BCUT2D eigenvalue weighted by molar-refractivity contribution is 1.28. The van der Waals surface area contributed by atoms with Gasteiger partial charge in [0.25, 0.3) is 0 Å². The molecule has 12 rings (SSSR count). The Kier molecular flexibility index (Phi) is 12.1. The third-order valence-corrected chi connectivity index (χ3v) is 13.7. The fourth-order valence-corrected chi connectivity index (χ4v) is 9.92. The summed E-state index contributed by atoms with van der Waals surface area (Å²) in [5, 5.41) is 2.50. The highest BCUT2D eigenvalue weighted by Gasteiger charge is 2.17. The van der Waals surface area contributed by atoms with Gasteiger partial charge in [0.15, 0.2) is 0 Å². The topological polar surface area (TPSA) is 6.48 Å². The number of anilines is 6. The Morgan fingerprint density at radius 1 is 0.153 bits per heavy atom. The quantitative estimate of drug-likeness (QED) is 0.120. The fraction of sp³-hybridized carbons (Fsp3) is 0. The van der Waals surface area contributed by atoms with Crippen molar-refractivity contribution in [3.8, 4) is 66.8 Å². The zero-order valence-electron chi connectivity index (χ0n) is 39.8. The molecule has 0 radical (unpaired) electrons. The lowest BCUT2D eigenvalue weighted by atomic mass is 9.98. The largest absolute Gasteiger partial charge is 0.311 e. The van der Waals surface area contributed by atoms with Crippen LogP contribution in [0.3, 0.4) is 0 Å². The zero-order chi connectivity index (χ0) is 48.1. The molecule has 0 N–H and O–H groups in total. The molecule has 0 amide bonds. The van der Waals surface area contributed by atoms with Crippen LogP contribution in [-0.4, -0.2) is 0 Å². The molecule has 0 aliphatic carbocycles. The number of fused-ring (bicyclic) bond motifs is 1. The number of hydrogen-bond donors (Lipinski definition) is 0. The third-order valence-electron chi connectivity index (χ3n) is 13.7. The van der Waals surface area contributed by atoms with E-state index in [1.807, 2.05) is 0 Å². The van der Waals surface area contributed by atoms with Crippen LogP contribution in [0.4, 0.5) is 34.1 Å². The van der Waals surface area contributed by atoms with E-state index >= 15 is 0 Å². The summed E-state index contributed by atoms with van der Waals surface area (Å²) in [6.07, 6.45) is 0. The summed E-state index contributed by atoms with van der Waals surface area (Å²) in [7, 11) is 0. The summed E-state index contributed by atoms with van der Waals surface area (Å²) in [6, 6.07) is 109. The highest BCUT2D eigenvalue weighted by atomic mass is 15.1. The first-order valence-electron chi connectivity index (χ1n) is 24.6. The lowest BCUT2D eigenvalue weighted by Crippen LogP contribution is -2.09. The molecule has 0 aliphatic heterocycles. The Bertz CT molecular complexity index is 3610. The van der Waals surface area contributed by atoms with E-state index in [0.717, 1.165) is 34.1 Å². The Hall–Kier alpha value is -9.50. The van der Waals surface area contributed by atoms with Gasteiger partial charge in [0.1, 0.15) is 0 Å². The van der Waals surface area contributed by atoms with E-state index in [1.165, 1.54) is 77.5 Å². The second-order valence-electron chi connectivity index (χ2n) is 18.2. The Balaban J connectivity index is 0.813. The van der Waals surface area contributed by atoms with Crippen LogP contribution in [0.2, 0.25) is 0 Å². The van der Waals surface area contributed by atoms with Crippen molar-refractivity contribution < 1.29 is 0 Å². The first kappa shape index (κ1) is 43.8. The van der Waals surface area contributed by atoms with Gasteiger partial charge in [-0.05, 0) is 150 Å². The Morgan fingerprint density at radius 2 is 0.375 bits per heavy atom. The van der Waals surface area contributed by atoms with Crippen molar-refractivity contribution in [3.05, 3.63) is 303 Å². The van der Waals surface area contributed by atoms with Crippen molar-refractivity contribution in [3.63, 3.8) is 0 Å². The van der Waals surface area contributed by atoms with E-state index in [0.29, 0.717) is 0 Å². The van der Waals surface area contributed by atoms with Crippen molar-refractivity contribution in [2.24, 2.45) is 0 Å². The van der Waals surface area contributed by atoms with Crippen molar-refractivity contribution in [2.45, 2.75) is 0 Å². The molecule has 0 aromatic heterocycles. The molecule has 0 atom stereocenters. The van der Waals surface area contributed by atoms with E-state index < -0.39 is 0 Å². The highest BCUT2D eigenvalue weighted by molar-refractivity contribution is 5.97. The second kappa shape index (κ2) is 19.8. The molecule has 0 unspecified atom stereocenters. The van der Waals surface area contributed by atoms with Crippen LogP contribution in [0, 0.1) is 0 Å². The molecule has 2 nitrogen and oxygen atoms in total. The number of benzene rings is 12. The molecule has 12 aromatic carbocycles. The van der Waals surface area contributed by atoms with Gasteiger partial charge in [-0.15, -0.1) is 0 Å². The zero-order valence-corrected chi connectivity index (χ0v) is 39.8. The minimum Gasteiger partial charge on any atom is -0.311 e. The predicted molar refractivity (Wildman–Crippen MR) is 306 cm³/mol. The van der Waals surface area contributed by atoms with Crippen LogP contribution in [-0.2, 0) is 0 Å². The monoisotopic (exact) mass is 918 g/mol.